The van der Waals surface area contributed by atoms with E-state index in [1.165, 1.54) is 0 Å². The molecule has 0 amide bonds. The van der Waals surface area contributed by atoms with Gasteiger partial charge in [0.2, 0.25) is 0 Å². The fourth-order valence-corrected chi connectivity index (χ4v) is 2.22. The SMILES string of the molecule is CC1(C)CO[N+]([O-])(Cc2ccccc2Cl)C1. The van der Waals surface area contributed by atoms with Crippen LogP contribution in [0.2, 0.25) is 5.02 Å². The second-order valence-electron chi connectivity index (χ2n) is 5.16. The second-order valence-corrected chi connectivity index (χ2v) is 5.57. The van der Waals surface area contributed by atoms with Crippen molar-refractivity contribution in [3.8, 4) is 0 Å². The Labute approximate surface area is 101 Å². The minimum atomic E-state index is -0.628. The first-order valence-corrected chi connectivity index (χ1v) is 5.74. The van der Waals surface area contributed by atoms with Crippen molar-refractivity contribution in [1.82, 2.24) is 0 Å². The molecule has 88 valence electrons. The third-order valence-corrected chi connectivity index (χ3v) is 3.10. The molecule has 1 aliphatic rings. The topological polar surface area (TPSA) is 32.3 Å². The van der Waals surface area contributed by atoms with E-state index in [2.05, 4.69) is 0 Å². The number of hydrogen-bond donors (Lipinski definition) is 0. The first-order chi connectivity index (χ1) is 7.40. The molecule has 2 rings (SSSR count). The summed E-state index contributed by atoms with van der Waals surface area (Å²) in [5, 5.41) is 12.9. The molecule has 3 nitrogen and oxygen atoms in total. The third kappa shape index (κ3) is 2.55. The summed E-state index contributed by atoms with van der Waals surface area (Å²) in [7, 11) is 0. The summed E-state index contributed by atoms with van der Waals surface area (Å²) in [4.78, 5) is 4.71. The molecule has 1 fully saturated rings. The highest BCUT2D eigenvalue weighted by Crippen LogP contribution is 2.33. The lowest BCUT2D eigenvalue weighted by Gasteiger charge is -2.35. The Morgan fingerprint density at radius 3 is 2.69 bits per heavy atom. The van der Waals surface area contributed by atoms with Crippen LogP contribution in [0.3, 0.4) is 0 Å². The number of rotatable bonds is 2. The first-order valence-electron chi connectivity index (χ1n) is 5.36. The summed E-state index contributed by atoms with van der Waals surface area (Å²) >= 11 is 6.03. The highest BCUT2D eigenvalue weighted by Gasteiger charge is 2.40. The van der Waals surface area contributed by atoms with Gasteiger partial charge in [-0.1, -0.05) is 43.6 Å². The van der Waals surface area contributed by atoms with Crippen LogP contribution >= 0.6 is 11.6 Å². The molecule has 1 aliphatic heterocycles. The monoisotopic (exact) mass is 241 g/mol. The number of benzene rings is 1. The molecular formula is C12H16ClNO2. The van der Waals surface area contributed by atoms with Gasteiger partial charge >= 0.3 is 0 Å². The highest BCUT2D eigenvalue weighted by atomic mass is 35.5. The Morgan fingerprint density at radius 2 is 2.12 bits per heavy atom. The van der Waals surface area contributed by atoms with Gasteiger partial charge in [-0.25, -0.2) is 9.65 Å². The number of nitrogens with zero attached hydrogens (tertiary/aromatic N) is 1. The lowest BCUT2D eigenvalue weighted by atomic mass is 9.96. The Morgan fingerprint density at radius 1 is 1.44 bits per heavy atom. The van der Waals surface area contributed by atoms with E-state index in [1.807, 2.05) is 32.0 Å². The fourth-order valence-electron chi connectivity index (χ4n) is 2.02. The van der Waals surface area contributed by atoms with Crippen molar-refractivity contribution in [3.05, 3.63) is 40.1 Å². The molecule has 1 aromatic carbocycles. The maximum absolute atomic E-state index is 12.3. The fraction of sp³-hybridized carbons (Fsp3) is 0.500. The van der Waals surface area contributed by atoms with Crippen molar-refractivity contribution in [2.24, 2.45) is 5.41 Å². The van der Waals surface area contributed by atoms with E-state index in [0.717, 1.165) is 5.56 Å². The minimum absolute atomic E-state index is 0.0526. The van der Waals surface area contributed by atoms with Crippen LogP contribution in [0.4, 0.5) is 0 Å². The predicted molar refractivity (Wildman–Crippen MR) is 63.4 cm³/mol. The van der Waals surface area contributed by atoms with Gasteiger partial charge in [-0.15, -0.1) is 0 Å². The van der Waals surface area contributed by atoms with E-state index in [1.54, 1.807) is 6.07 Å². The van der Waals surface area contributed by atoms with Gasteiger partial charge in [-0.2, -0.15) is 0 Å². The van der Waals surface area contributed by atoms with E-state index in [-0.39, 0.29) is 12.0 Å². The van der Waals surface area contributed by atoms with E-state index in [0.29, 0.717) is 18.2 Å². The number of hydroxylamine groups is 4. The zero-order valence-electron chi connectivity index (χ0n) is 9.57. The van der Waals surface area contributed by atoms with Crippen LogP contribution < -0.4 is 0 Å². The third-order valence-electron chi connectivity index (χ3n) is 2.73. The molecule has 0 N–H and O–H groups in total. The lowest BCUT2D eigenvalue weighted by Crippen LogP contribution is -2.38. The minimum Gasteiger partial charge on any atom is -0.598 e. The van der Waals surface area contributed by atoms with Crippen LogP contribution in [0, 0.1) is 10.6 Å². The van der Waals surface area contributed by atoms with Crippen LogP contribution in [0.25, 0.3) is 0 Å². The molecule has 0 aromatic heterocycles. The standard InChI is InChI=1S/C12H16ClNO2/c1-12(2)8-14(15,16-9-12)7-10-5-3-4-6-11(10)13/h3-6H,7-9H2,1-2H3. The van der Waals surface area contributed by atoms with Gasteiger partial charge in [0.15, 0.2) is 0 Å². The van der Waals surface area contributed by atoms with Crippen LogP contribution in [0.5, 0.6) is 0 Å². The largest absolute Gasteiger partial charge is 0.598 e. The van der Waals surface area contributed by atoms with Gasteiger partial charge in [0.25, 0.3) is 0 Å². The molecule has 1 aromatic rings. The molecule has 0 spiro atoms. The van der Waals surface area contributed by atoms with Gasteiger partial charge in [0.1, 0.15) is 19.7 Å². The summed E-state index contributed by atoms with van der Waals surface area (Å²) < 4.78 is 0. The molecule has 0 saturated carbocycles. The molecule has 1 saturated heterocycles. The predicted octanol–water partition coefficient (Wildman–Crippen LogP) is 3.13. The van der Waals surface area contributed by atoms with Gasteiger partial charge in [-0.05, 0) is 6.07 Å². The molecular weight excluding hydrogens is 226 g/mol. The van der Waals surface area contributed by atoms with Crippen molar-refractivity contribution < 1.29 is 9.65 Å². The highest BCUT2D eigenvalue weighted by molar-refractivity contribution is 6.31. The van der Waals surface area contributed by atoms with Gasteiger partial charge in [0.05, 0.1) is 0 Å². The quantitative estimate of drug-likeness (QED) is 0.589. The molecule has 1 unspecified atom stereocenters. The molecule has 16 heavy (non-hydrogen) atoms. The summed E-state index contributed by atoms with van der Waals surface area (Å²) in [5.74, 6) is 0. The number of quaternary nitrogens is 1. The lowest BCUT2D eigenvalue weighted by molar-refractivity contribution is -1.06. The Bertz CT molecular complexity index is 394. The molecule has 0 bridgehead atoms. The first kappa shape index (κ1) is 11.9. The van der Waals surface area contributed by atoms with E-state index in [4.69, 9.17) is 16.4 Å². The zero-order valence-corrected chi connectivity index (χ0v) is 10.3. The van der Waals surface area contributed by atoms with Crippen molar-refractivity contribution in [2.45, 2.75) is 20.4 Å². The van der Waals surface area contributed by atoms with Crippen LogP contribution in [0.1, 0.15) is 19.4 Å². The Hall–Kier alpha value is -0.610. The smallest absolute Gasteiger partial charge is 0.136 e. The van der Waals surface area contributed by atoms with Crippen LogP contribution in [-0.4, -0.2) is 18.0 Å². The maximum atomic E-state index is 12.3. The van der Waals surface area contributed by atoms with Crippen molar-refractivity contribution >= 4 is 11.6 Å². The van der Waals surface area contributed by atoms with Crippen molar-refractivity contribution in [3.63, 3.8) is 0 Å². The maximum Gasteiger partial charge on any atom is 0.136 e. The second kappa shape index (κ2) is 4.00. The summed E-state index contributed by atoms with van der Waals surface area (Å²) in [6.45, 7) is 5.33. The van der Waals surface area contributed by atoms with E-state index in [9.17, 15) is 5.21 Å². The average Bonchev–Trinajstić information content (AvgIpc) is 2.45. The Kier molecular flexibility index (Phi) is 2.97. The summed E-state index contributed by atoms with van der Waals surface area (Å²) in [5.41, 5.74) is 0.792. The number of halogens is 1. The van der Waals surface area contributed by atoms with E-state index < -0.39 is 4.81 Å². The Balaban J connectivity index is 2.14. The molecule has 1 atom stereocenters. The van der Waals surface area contributed by atoms with Crippen LogP contribution in [0.15, 0.2) is 24.3 Å². The van der Waals surface area contributed by atoms with Gasteiger partial charge in [-0.3, -0.25) is 0 Å². The van der Waals surface area contributed by atoms with Gasteiger partial charge in [0, 0.05) is 16.0 Å². The summed E-state index contributed by atoms with van der Waals surface area (Å²) in [6.07, 6.45) is 0. The molecule has 0 aliphatic carbocycles. The van der Waals surface area contributed by atoms with Crippen molar-refractivity contribution in [2.75, 3.05) is 13.2 Å². The summed E-state index contributed by atoms with van der Waals surface area (Å²) in [6, 6.07) is 7.41. The van der Waals surface area contributed by atoms with Crippen LogP contribution in [-0.2, 0) is 11.4 Å². The molecule has 1 heterocycles. The van der Waals surface area contributed by atoms with Gasteiger partial charge < -0.3 is 5.21 Å². The molecule has 0 radical (unpaired) electrons. The number of hydrogen-bond acceptors (Lipinski definition) is 2. The van der Waals surface area contributed by atoms with E-state index >= 15 is 0 Å². The zero-order chi connectivity index (χ0) is 11.8. The normalized spacial score (nSPS) is 28.2. The van der Waals surface area contributed by atoms with Crippen molar-refractivity contribution in [1.29, 1.82) is 0 Å². The molecule has 4 heteroatoms. The average molecular weight is 242 g/mol.